The van der Waals surface area contributed by atoms with Crippen LogP contribution < -0.4 is 5.32 Å². The van der Waals surface area contributed by atoms with Crippen molar-refractivity contribution < 1.29 is 22.4 Å². The highest BCUT2D eigenvalue weighted by Gasteiger charge is 2.29. The van der Waals surface area contributed by atoms with E-state index in [9.17, 15) is 18.0 Å². The van der Waals surface area contributed by atoms with Crippen LogP contribution in [0.1, 0.15) is 27.4 Å². The Hall–Kier alpha value is -3.55. The molecule has 29 heavy (non-hydrogen) atoms. The number of oxazole rings is 1. The van der Waals surface area contributed by atoms with E-state index in [0.717, 1.165) is 23.0 Å². The van der Waals surface area contributed by atoms with Gasteiger partial charge in [-0.15, -0.1) is 0 Å². The Morgan fingerprint density at radius 1 is 1.14 bits per heavy atom. The van der Waals surface area contributed by atoms with E-state index in [1.54, 1.807) is 13.1 Å². The number of hydrogen-bond acceptors (Lipinski definition) is 3. The lowest BCUT2D eigenvalue weighted by atomic mass is 10.1. The van der Waals surface area contributed by atoms with Gasteiger partial charge in [-0.3, -0.25) is 4.79 Å². The number of amides is 1. The van der Waals surface area contributed by atoms with Crippen molar-refractivity contribution in [3.63, 3.8) is 0 Å². The van der Waals surface area contributed by atoms with Gasteiger partial charge in [0.2, 0.25) is 5.76 Å². The summed E-state index contributed by atoms with van der Waals surface area (Å²) in [7, 11) is 0. The summed E-state index contributed by atoms with van der Waals surface area (Å²) in [6.45, 7) is 2.03. The third kappa shape index (κ3) is 3.73. The van der Waals surface area contributed by atoms with Gasteiger partial charge in [0.05, 0.1) is 22.5 Å². The van der Waals surface area contributed by atoms with Gasteiger partial charge in [-0.25, -0.2) is 4.98 Å². The van der Waals surface area contributed by atoms with Crippen molar-refractivity contribution in [2.75, 3.05) is 5.32 Å². The Kier molecular flexibility index (Phi) is 4.62. The standard InChI is InChI=1S/C21H16F3N3O2/c1-13-19(29-12-25-13)20(28)26-17-11-27(18-5-3-2-4-16(17)18)10-14-6-8-15(9-7-14)21(22,23)24/h2-9,11-12H,10H2,1H3,(H,26,28). The molecule has 0 atom stereocenters. The molecule has 0 radical (unpaired) electrons. The quantitative estimate of drug-likeness (QED) is 0.509. The van der Waals surface area contributed by atoms with Crippen molar-refractivity contribution in [2.24, 2.45) is 0 Å². The molecule has 4 rings (SSSR count). The predicted molar refractivity (Wildman–Crippen MR) is 102 cm³/mol. The summed E-state index contributed by atoms with van der Waals surface area (Å²) in [6.07, 6.45) is -1.40. The van der Waals surface area contributed by atoms with E-state index in [0.29, 0.717) is 23.5 Å². The maximum atomic E-state index is 12.8. The Balaban J connectivity index is 1.64. The molecule has 0 saturated heterocycles. The SMILES string of the molecule is Cc1ncoc1C(=O)Nc1cn(Cc2ccc(C(F)(F)F)cc2)c2ccccc12. The lowest BCUT2D eigenvalue weighted by Gasteiger charge is -2.09. The second kappa shape index (κ2) is 7.12. The highest BCUT2D eigenvalue weighted by molar-refractivity contribution is 6.08. The maximum absolute atomic E-state index is 12.8. The molecule has 0 aliphatic carbocycles. The summed E-state index contributed by atoms with van der Waals surface area (Å²) in [4.78, 5) is 16.4. The highest BCUT2D eigenvalue weighted by Crippen LogP contribution is 2.30. The normalized spacial score (nSPS) is 11.7. The first-order valence-corrected chi connectivity index (χ1v) is 8.78. The molecule has 0 unspecified atom stereocenters. The number of para-hydroxylation sites is 1. The molecule has 0 saturated carbocycles. The molecule has 148 valence electrons. The van der Waals surface area contributed by atoms with E-state index in [1.165, 1.54) is 18.5 Å². The molecular weight excluding hydrogens is 383 g/mol. The predicted octanol–water partition coefficient (Wildman–Crippen LogP) is 5.26. The van der Waals surface area contributed by atoms with Crippen molar-refractivity contribution in [1.82, 2.24) is 9.55 Å². The summed E-state index contributed by atoms with van der Waals surface area (Å²) in [5.74, 6) is -0.290. The largest absolute Gasteiger partial charge is 0.438 e. The molecule has 0 fully saturated rings. The van der Waals surface area contributed by atoms with Crippen LogP contribution in [0.2, 0.25) is 0 Å². The molecule has 1 N–H and O–H groups in total. The van der Waals surface area contributed by atoms with E-state index < -0.39 is 17.6 Å². The second-order valence-corrected chi connectivity index (χ2v) is 6.60. The fourth-order valence-corrected chi connectivity index (χ4v) is 3.17. The fourth-order valence-electron chi connectivity index (χ4n) is 3.17. The van der Waals surface area contributed by atoms with Gasteiger partial charge in [0.15, 0.2) is 6.39 Å². The van der Waals surface area contributed by atoms with Crippen LogP contribution in [-0.2, 0) is 12.7 Å². The van der Waals surface area contributed by atoms with Crippen LogP contribution in [-0.4, -0.2) is 15.5 Å². The van der Waals surface area contributed by atoms with Gasteiger partial charge in [-0.1, -0.05) is 30.3 Å². The third-order valence-corrected chi connectivity index (χ3v) is 4.62. The lowest BCUT2D eigenvalue weighted by molar-refractivity contribution is -0.137. The van der Waals surface area contributed by atoms with Crippen molar-refractivity contribution in [1.29, 1.82) is 0 Å². The van der Waals surface area contributed by atoms with Gasteiger partial charge < -0.3 is 14.3 Å². The van der Waals surface area contributed by atoms with Gasteiger partial charge in [0.1, 0.15) is 0 Å². The van der Waals surface area contributed by atoms with Crippen LogP contribution in [0.25, 0.3) is 10.9 Å². The highest BCUT2D eigenvalue weighted by atomic mass is 19.4. The van der Waals surface area contributed by atoms with E-state index in [4.69, 9.17) is 4.42 Å². The third-order valence-electron chi connectivity index (χ3n) is 4.62. The number of nitrogens with one attached hydrogen (secondary N) is 1. The minimum atomic E-state index is -4.37. The number of halogens is 3. The topological polar surface area (TPSA) is 60.1 Å². The van der Waals surface area contributed by atoms with Crippen LogP contribution in [0.3, 0.4) is 0 Å². The number of fused-ring (bicyclic) bond motifs is 1. The molecule has 8 heteroatoms. The zero-order valence-electron chi connectivity index (χ0n) is 15.3. The van der Waals surface area contributed by atoms with Crippen LogP contribution >= 0.6 is 0 Å². The number of carbonyl (C=O) groups is 1. The molecular formula is C21H16F3N3O2. The summed E-state index contributed by atoms with van der Waals surface area (Å²) in [6, 6.07) is 12.5. The molecule has 0 bridgehead atoms. The molecule has 2 aromatic carbocycles. The van der Waals surface area contributed by atoms with Crippen LogP contribution in [0, 0.1) is 6.92 Å². The van der Waals surface area contributed by atoms with Crippen molar-refractivity contribution in [3.8, 4) is 0 Å². The molecule has 0 spiro atoms. The zero-order chi connectivity index (χ0) is 20.6. The van der Waals surface area contributed by atoms with Gasteiger partial charge >= 0.3 is 6.18 Å². The molecule has 0 aliphatic heterocycles. The van der Waals surface area contributed by atoms with Crippen molar-refractivity contribution in [3.05, 3.63) is 83.7 Å². The number of rotatable bonds is 4. The van der Waals surface area contributed by atoms with Crippen molar-refractivity contribution >= 4 is 22.5 Å². The zero-order valence-corrected chi connectivity index (χ0v) is 15.3. The Morgan fingerprint density at radius 2 is 1.86 bits per heavy atom. The monoisotopic (exact) mass is 399 g/mol. The molecule has 4 aromatic rings. The van der Waals surface area contributed by atoms with E-state index in [2.05, 4.69) is 10.3 Å². The number of hydrogen-bond donors (Lipinski definition) is 1. The Bertz CT molecular complexity index is 1170. The van der Waals surface area contributed by atoms with Crippen LogP contribution in [0.15, 0.2) is 65.5 Å². The number of aromatic nitrogens is 2. The summed E-state index contributed by atoms with van der Waals surface area (Å²) >= 11 is 0. The smallest absolute Gasteiger partial charge is 0.416 e. The molecule has 1 amide bonds. The number of anilines is 1. The minimum Gasteiger partial charge on any atom is -0.438 e. The van der Waals surface area contributed by atoms with E-state index in [-0.39, 0.29) is 5.76 Å². The Labute approximate surface area is 163 Å². The lowest BCUT2D eigenvalue weighted by Crippen LogP contribution is -2.12. The Morgan fingerprint density at radius 3 is 2.52 bits per heavy atom. The summed E-state index contributed by atoms with van der Waals surface area (Å²) < 4.78 is 45.3. The maximum Gasteiger partial charge on any atom is 0.416 e. The molecule has 0 aliphatic rings. The number of alkyl halides is 3. The van der Waals surface area contributed by atoms with Crippen molar-refractivity contribution in [2.45, 2.75) is 19.6 Å². The molecule has 2 aromatic heterocycles. The number of nitrogens with zero attached hydrogens (tertiary/aromatic N) is 2. The molecule has 2 heterocycles. The summed E-state index contributed by atoms with van der Waals surface area (Å²) in [5, 5.41) is 3.63. The van der Waals surface area contributed by atoms with Gasteiger partial charge in [-0.2, -0.15) is 13.2 Å². The van der Waals surface area contributed by atoms with Gasteiger partial charge in [-0.05, 0) is 30.7 Å². The first-order chi connectivity index (χ1) is 13.8. The fraction of sp³-hybridized carbons (Fsp3) is 0.143. The second-order valence-electron chi connectivity index (χ2n) is 6.60. The first kappa shape index (κ1) is 18.8. The number of aryl methyl sites for hydroxylation is 1. The van der Waals surface area contributed by atoms with E-state index >= 15 is 0 Å². The van der Waals surface area contributed by atoms with Gasteiger partial charge in [0, 0.05) is 18.1 Å². The summed E-state index contributed by atoms with van der Waals surface area (Å²) in [5.41, 5.74) is 1.93. The average Bonchev–Trinajstić information content (AvgIpc) is 3.26. The average molecular weight is 399 g/mol. The van der Waals surface area contributed by atoms with Crippen LogP contribution in [0.5, 0.6) is 0 Å². The number of benzene rings is 2. The minimum absolute atomic E-state index is 0.129. The van der Waals surface area contributed by atoms with Gasteiger partial charge in [0.25, 0.3) is 5.91 Å². The van der Waals surface area contributed by atoms with Crippen LogP contribution in [0.4, 0.5) is 18.9 Å². The first-order valence-electron chi connectivity index (χ1n) is 8.78. The van der Waals surface area contributed by atoms with E-state index in [1.807, 2.05) is 28.8 Å². The molecule has 5 nitrogen and oxygen atoms in total. The number of carbonyl (C=O) groups excluding carboxylic acids is 1.